The fraction of sp³-hybridized carbons (Fsp3) is 0.600. The molecule has 2 nitrogen and oxygen atoms in total. The molecule has 1 aromatic rings. The van der Waals surface area contributed by atoms with Crippen molar-refractivity contribution in [2.24, 2.45) is 5.73 Å². The summed E-state index contributed by atoms with van der Waals surface area (Å²) in [5.74, 6) is 1.19. The van der Waals surface area contributed by atoms with Crippen molar-refractivity contribution in [3.05, 3.63) is 35.4 Å². The van der Waals surface area contributed by atoms with Gasteiger partial charge in [-0.15, -0.1) is 0 Å². The van der Waals surface area contributed by atoms with Gasteiger partial charge < -0.3 is 10.6 Å². The quantitative estimate of drug-likeness (QED) is 0.868. The lowest BCUT2D eigenvalue weighted by Gasteiger charge is -2.30. The maximum Gasteiger partial charge on any atom is 0.00472 e. The Kier molecular flexibility index (Phi) is 4.19. The van der Waals surface area contributed by atoms with Crippen molar-refractivity contribution in [1.29, 1.82) is 0 Å². The summed E-state index contributed by atoms with van der Waals surface area (Å²) in [6.45, 7) is 5.36. The summed E-state index contributed by atoms with van der Waals surface area (Å²) in [5.41, 5.74) is 8.55. The maximum absolute atomic E-state index is 5.70. The zero-order valence-corrected chi connectivity index (χ0v) is 11.0. The standard InChI is InChI=1S/C15H24N2/c1-12(10-16)13-5-7-14(8-6-13)15-4-3-9-17(2)11-15/h5-8,12,15H,3-4,9-11,16H2,1-2H3. The van der Waals surface area contributed by atoms with E-state index in [1.54, 1.807) is 0 Å². The van der Waals surface area contributed by atoms with Gasteiger partial charge in [-0.3, -0.25) is 0 Å². The Labute approximate surface area is 105 Å². The molecule has 1 aliphatic rings. The molecular weight excluding hydrogens is 208 g/mol. The summed E-state index contributed by atoms with van der Waals surface area (Å²) in [4.78, 5) is 2.44. The molecule has 1 aliphatic heterocycles. The van der Waals surface area contributed by atoms with Gasteiger partial charge in [0.15, 0.2) is 0 Å². The first-order chi connectivity index (χ1) is 8.20. The van der Waals surface area contributed by atoms with Crippen molar-refractivity contribution in [1.82, 2.24) is 4.90 Å². The molecule has 0 aromatic heterocycles. The average Bonchev–Trinajstić information content (AvgIpc) is 2.38. The fourth-order valence-electron chi connectivity index (χ4n) is 2.67. The molecule has 0 radical (unpaired) electrons. The van der Waals surface area contributed by atoms with Crippen LogP contribution in [0.2, 0.25) is 0 Å². The number of nitrogens with two attached hydrogens (primary N) is 1. The molecule has 2 heteroatoms. The molecule has 1 aromatic carbocycles. The highest BCUT2D eigenvalue weighted by Gasteiger charge is 2.18. The van der Waals surface area contributed by atoms with Crippen molar-refractivity contribution in [3.63, 3.8) is 0 Å². The Balaban J connectivity index is 2.06. The molecular formula is C15H24N2. The molecule has 2 rings (SSSR count). The number of piperidine rings is 1. The molecule has 94 valence electrons. The Morgan fingerprint density at radius 3 is 2.65 bits per heavy atom. The van der Waals surface area contributed by atoms with E-state index in [-0.39, 0.29) is 0 Å². The molecule has 1 saturated heterocycles. The molecule has 2 atom stereocenters. The topological polar surface area (TPSA) is 29.3 Å². The van der Waals surface area contributed by atoms with E-state index in [1.165, 1.54) is 37.1 Å². The lowest BCUT2D eigenvalue weighted by atomic mass is 9.89. The molecule has 0 amide bonds. The monoisotopic (exact) mass is 232 g/mol. The average molecular weight is 232 g/mol. The van der Waals surface area contributed by atoms with E-state index in [9.17, 15) is 0 Å². The van der Waals surface area contributed by atoms with E-state index in [4.69, 9.17) is 5.73 Å². The first-order valence-corrected chi connectivity index (χ1v) is 6.69. The number of likely N-dealkylation sites (N-methyl/N-ethyl adjacent to an activating group) is 1. The minimum absolute atomic E-state index is 0.470. The summed E-state index contributed by atoms with van der Waals surface area (Å²) in [6, 6.07) is 9.10. The van der Waals surface area contributed by atoms with Gasteiger partial charge in [-0.05, 0) is 55.9 Å². The zero-order valence-electron chi connectivity index (χ0n) is 11.0. The van der Waals surface area contributed by atoms with Crippen LogP contribution in [0.15, 0.2) is 24.3 Å². The molecule has 1 heterocycles. The number of nitrogens with zero attached hydrogens (tertiary/aromatic N) is 1. The number of benzene rings is 1. The predicted octanol–water partition coefficient (Wildman–Crippen LogP) is 2.56. The van der Waals surface area contributed by atoms with Crippen LogP contribution in [0.5, 0.6) is 0 Å². The summed E-state index contributed by atoms with van der Waals surface area (Å²) in [6.07, 6.45) is 2.65. The van der Waals surface area contributed by atoms with Crippen molar-refractivity contribution in [2.45, 2.75) is 31.6 Å². The molecule has 17 heavy (non-hydrogen) atoms. The molecule has 0 bridgehead atoms. The van der Waals surface area contributed by atoms with Crippen molar-refractivity contribution < 1.29 is 0 Å². The van der Waals surface area contributed by atoms with Gasteiger partial charge in [-0.1, -0.05) is 31.2 Å². The van der Waals surface area contributed by atoms with Gasteiger partial charge in [0, 0.05) is 6.54 Å². The summed E-state index contributed by atoms with van der Waals surface area (Å²) in [5, 5.41) is 0. The first-order valence-electron chi connectivity index (χ1n) is 6.69. The van der Waals surface area contributed by atoms with Crippen LogP contribution in [0, 0.1) is 0 Å². The summed E-state index contributed by atoms with van der Waals surface area (Å²) in [7, 11) is 2.22. The van der Waals surface area contributed by atoms with Crippen molar-refractivity contribution in [3.8, 4) is 0 Å². The highest BCUT2D eigenvalue weighted by atomic mass is 15.1. The second-order valence-electron chi connectivity index (χ2n) is 5.40. The summed E-state index contributed by atoms with van der Waals surface area (Å²) >= 11 is 0. The predicted molar refractivity (Wildman–Crippen MR) is 73.4 cm³/mol. The third-order valence-electron chi connectivity index (χ3n) is 3.95. The van der Waals surface area contributed by atoms with E-state index < -0.39 is 0 Å². The van der Waals surface area contributed by atoms with Gasteiger partial charge in [0.1, 0.15) is 0 Å². The Morgan fingerprint density at radius 1 is 1.35 bits per heavy atom. The van der Waals surface area contributed by atoms with Gasteiger partial charge in [0.25, 0.3) is 0 Å². The van der Waals surface area contributed by atoms with Gasteiger partial charge in [-0.25, -0.2) is 0 Å². The smallest absolute Gasteiger partial charge is 0.00472 e. The van der Waals surface area contributed by atoms with E-state index in [1.807, 2.05) is 0 Å². The Bertz CT molecular complexity index is 344. The number of likely N-dealkylation sites (tertiary alicyclic amines) is 1. The SMILES string of the molecule is CC(CN)c1ccc(C2CCCN(C)C2)cc1. The van der Waals surface area contributed by atoms with E-state index in [2.05, 4.69) is 43.1 Å². The lowest BCUT2D eigenvalue weighted by Crippen LogP contribution is -2.30. The third kappa shape index (κ3) is 3.08. The van der Waals surface area contributed by atoms with Gasteiger partial charge in [0.05, 0.1) is 0 Å². The minimum Gasteiger partial charge on any atom is -0.330 e. The maximum atomic E-state index is 5.70. The second-order valence-corrected chi connectivity index (χ2v) is 5.40. The number of rotatable bonds is 3. The number of hydrogen-bond donors (Lipinski definition) is 1. The normalized spacial score (nSPS) is 23.6. The van der Waals surface area contributed by atoms with E-state index in [0.29, 0.717) is 5.92 Å². The largest absolute Gasteiger partial charge is 0.330 e. The molecule has 2 unspecified atom stereocenters. The van der Waals surface area contributed by atoms with Crippen LogP contribution >= 0.6 is 0 Å². The molecule has 2 N–H and O–H groups in total. The third-order valence-corrected chi connectivity index (χ3v) is 3.95. The molecule has 0 aliphatic carbocycles. The van der Waals surface area contributed by atoms with E-state index >= 15 is 0 Å². The zero-order chi connectivity index (χ0) is 12.3. The molecule has 0 spiro atoms. The van der Waals surface area contributed by atoms with Gasteiger partial charge in [0.2, 0.25) is 0 Å². The van der Waals surface area contributed by atoms with Crippen LogP contribution < -0.4 is 5.73 Å². The molecule has 0 saturated carbocycles. The Hall–Kier alpha value is -0.860. The lowest BCUT2D eigenvalue weighted by molar-refractivity contribution is 0.251. The van der Waals surface area contributed by atoms with Crippen LogP contribution in [0.25, 0.3) is 0 Å². The van der Waals surface area contributed by atoms with Gasteiger partial charge >= 0.3 is 0 Å². The highest BCUT2D eigenvalue weighted by molar-refractivity contribution is 5.28. The van der Waals surface area contributed by atoms with Crippen LogP contribution in [0.1, 0.15) is 42.7 Å². The van der Waals surface area contributed by atoms with E-state index in [0.717, 1.165) is 12.5 Å². The summed E-state index contributed by atoms with van der Waals surface area (Å²) < 4.78 is 0. The fourth-order valence-corrected chi connectivity index (χ4v) is 2.67. The van der Waals surface area contributed by atoms with Gasteiger partial charge in [-0.2, -0.15) is 0 Å². The minimum atomic E-state index is 0.470. The first kappa shape index (κ1) is 12.6. The highest BCUT2D eigenvalue weighted by Crippen LogP contribution is 2.27. The molecule has 1 fully saturated rings. The van der Waals surface area contributed by atoms with Crippen molar-refractivity contribution >= 4 is 0 Å². The second kappa shape index (κ2) is 5.65. The van der Waals surface area contributed by atoms with Crippen LogP contribution in [0.4, 0.5) is 0 Å². The van der Waals surface area contributed by atoms with Crippen LogP contribution in [-0.2, 0) is 0 Å². The van der Waals surface area contributed by atoms with Crippen LogP contribution in [-0.4, -0.2) is 31.6 Å². The number of hydrogen-bond acceptors (Lipinski definition) is 2. The Morgan fingerprint density at radius 2 is 2.06 bits per heavy atom. The van der Waals surface area contributed by atoms with Crippen molar-refractivity contribution in [2.75, 3.05) is 26.7 Å². The van der Waals surface area contributed by atoms with Crippen LogP contribution in [0.3, 0.4) is 0 Å².